The monoisotopic (exact) mass is 579 g/mol. The number of carbonyl (C=O) groups is 4. The standard InChI is InChI=1S/C19H29N5O10S2Si/c1-19(2,17(28)33-7-8-37(4,5)6)34-23-11(10-9-35-18(20)21-10)14(25)22-12-13(16(27)32-3)24(15(12)26)36(29,30)31/h9,12-13H,7-8H2,1-6H3,(H2,20,21)(H,22,25)(H,29,30,31)/b23-11-/t12-,13-/m0/s1. The Bertz CT molecular complexity index is 1210. The summed E-state index contributed by atoms with van der Waals surface area (Å²) in [7, 11) is -5.65. The normalized spacial score (nSPS) is 18.6. The van der Waals surface area contributed by atoms with Crippen molar-refractivity contribution in [3.05, 3.63) is 11.1 Å². The van der Waals surface area contributed by atoms with Crippen LogP contribution in [0.15, 0.2) is 10.5 Å². The van der Waals surface area contributed by atoms with Gasteiger partial charge in [-0.25, -0.2) is 14.6 Å². The van der Waals surface area contributed by atoms with E-state index in [-0.39, 0.29) is 21.7 Å². The lowest BCUT2D eigenvalue weighted by molar-refractivity contribution is -0.167. The van der Waals surface area contributed by atoms with Crippen LogP contribution < -0.4 is 11.1 Å². The van der Waals surface area contributed by atoms with Gasteiger partial charge in [0.25, 0.3) is 11.8 Å². The minimum Gasteiger partial charge on any atom is -0.467 e. The first-order chi connectivity index (χ1) is 16.9. The summed E-state index contributed by atoms with van der Waals surface area (Å²) >= 11 is 0.956. The smallest absolute Gasteiger partial charge is 0.363 e. The summed E-state index contributed by atoms with van der Waals surface area (Å²) < 4.78 is 41.8. The molecule has 37 heavy (non-hydrogen) atoms. The number of nitrogens with two attached hydrogens (primary N) is 1. The highest BCUT2D eigenvalue weighted by Gasteiger charge is 2.58. The largest absolute Gasteiger partial charge is 0.467 e. The molecule has 0 aromatic carbocycles. The molecule has 2 rings (SSSR count). The van der Waals surface area contributed by atoms with E-state index in [0.717, 1.165) is 24.5 Å². The first kappa shape index (κ1) is 30.1. The maximum atomic E-state index is 13.0. The van der Waals surface area contributed by atoms with Crippen molar-refractivity contribution in [2.45, 2.75) is 57.2 Å². The summed E-state index contributed by atoms with van der Waals surface area (Å²) in [6.45, 7) is 9.26. The van der Waals surface area contributed by atoms with Crippen LogP contribution >= 0.6 is 11.3 Å². The van der Waals surface area contributed by atoms with Crippen molar-refractivity contribution in [3.8, 4) is 0 Å². The fraction of sp³-hybridized carbons (Fsp3) is 0.579. The van der Waals surface area contributed by atoms with E-state index in [1.807, 2.05) is 0 Å². The molecule has 0 saturated carbocycles. The maximum absolute atomic E-state index is 13.0. The molecule has 0 aliphatic carbocycles. The van der Waals surface area contributed by atoms with Crippen molar-refractivity contribution in [1.82, 2.24) is 14.6 Å². The summed E-state index contributed by atoms with van der Waals surface area (Å²) in [6, 6.07) is -2.86. The van der Waals surface area contributed by atoms with Gasteiger partial charge < -0.3 is 25.4 Å². The Labute approximate surface area is 218 Å². The Balaban J connectivity index is 2.27. The number of aromatic nitrogens is 1. The highest BCUT2D eigenvalue weighted by atomic mass is 32.2. The van der Waals surface area contributed by atoms with Gasteiger partial charge in [-0.3, -0.25) is 14.1 Å². The molecule has 1 aliphatic rings. The molecule has 2 amide bonds. The molecule has 0 radical (unpaired) electrons. The molecule has 1 fully saturated rings. The van der Waals surface area contributed by atoms with E-state index >= 15 is 0 Å². The van der Waals surface area contributed by atoms with Gasteiger partial charge in [0.15, 0.2) is 16.9 Å². The quantitative estimate of drug-likeness (QED) is 0.0774. The molecule has 4 N–H and O–H groups in total. The average Bonchev–Trinajstić information content (AvgIpc) is 3.18. The number of β-lactam (4-membered cyclic amide) rings is 1. The van der Waals surface area contributed by atoms with Crippen molar-refractivity contribution < 1.29 is 46.5 Å². The first-order valence-electron chi connectivity index (χ1n) is 10.7. The number of hydrogen-bond acceptors (Lipinski definition) is 13. The van der Waals surface area contributed by atoms with Gasteiger partial charge in [-0.1, -0.05) is 24.8 Å². The van der Waals surface area contributed by atoms with Crippen molar-refractivity contribution in [3.63, 3.8) is 0 Å². The zero-order chi connectivity index (χ0) is 28.3. The van der Waals surface area contributed by atoms with Crippen molar-refractivity contribution >= 4 is 64.3 Å². The molecular weight excluding hydrogens is 550 g/mol. The van der Waals surface area contributed by atoms with Crippen LogP contribution in [0, 0.1) is 0 Å². The molecule has 2 heterocycles. The first-order valence-corrected chi connectivity index (χ1v) is 16.7. The van der Waals surface area contributed by atoms with Gasteiger partial charge in [0.05, 0.1) is 13.7 Å². The second-order valence-electron chi connectivity index (χ2n) is 9.59. The van der Waals surface area contributed by atoms with Crippen LogP contribution in [-0.2, 0) is 43.8 Å². The highest BCUT2D eigenvalue weighted by molar-refractivity contribution is 7.84. The van der Waals surface area contributed by atoms with Crippen LogP contribution in [0.5, 0.6) is 0 Å². The Morgan fingerprint density at radius 3 is 2.43 bits per heavy atom. The topological polar surface area (TPSA) is 217 Å². The molecule has 0 spiro atoms. The van der Waals surface area contributed by atoms with Crippen molar-refractivity contribution in [2.75, 3.05) is 19.5 Å². The van der Waals surface area contributed by atoms with E-state index in [2.05, 4.69) is 39.8 Å². The van der Waals surface area contributed by atoms with Crippen LogP contribution in [0.25, 0.3) is 0 Å². The second kappa shape index (κ2) is 11.1. The molecule has 0 unspecified atom stereocenters. The number of esters is 2. The molecule has 206 valence electrons. The molecule has 0 bridgehead atoms. The van der Waals surface area contributed by atoms with Gasteiger partial charge in [0, 0.05) is 13.5 Å². The van der Waals surface area contributed by atoms with E-state index in [4.69, 9.17) is 15.3 Å². The third-order valence-corrected chi connectivity index (χ3v) is 8.23. The molecule has 1 aromatic rings. The number of methoxy groups -OCH3 is 1. The molecule has 1 aromatic heterocycles. The fourth-order valence-electron chi connectivity index (χ4n) is 2.84. The van der Waals surface area contributed by atoms with Gasteiger partial charge >= 0.3 is 22.2 Å². The average molecular weight is 580 g/mol. The summed E-state index contributed by atoms with van der Waals surface area (Å²) in [6.07, 6.45) is 0. The van der Waals surface area contributed by atoms with E-state index in [1.165, 1.54) is 19.2 Å². The number of rotatable bonds is 11. The van der Waals surface area contributed by atoms with Crippen LogP contribution in [0.1, 0.15) is 19.5 Å². The summed E-state index contributed by atoms with van der Waals surface area (Å²) in [5, 5.41) is 7.31. The van der Waals surface area contributed by atoms with Gasteiger partial charge in [0.2, 0.25) is 5.60 Å². The van der Waals surface area contributed by atoms with Crippen molar-refractivity contribution in [2.24, 2.45) is 5.16 Å². The number of anilines is 1. The number of amides is 2. The number of hydrogen-bond donors (Lipinski definition) is 3. The molecule has 1 aliphatic heterocycles. The predicted octanol–water partition coefficient (Wildman–Crippen LogP) is -0.223. The molecule has 15 nitrogen and oxygen atoms in total. The number of nitrogens with one attached hydrogen (secondary N) is 1. The number of nitrogens with zero attached hydrogens (tertiary/aromatic N) is 3. The minimum absolute atomic E-state index is 0.0604. The number of ether oxygens (including phenoxy) is 2. The molecule has 18 heteroatoms. The second-order valence-corrected chi connectivity index (χ2v) is 17.4. The lowest BCUT2D eigenvalue weighted by Crippen LogP contribution is -2.74. The van der Waals surface area contributed by atoms with Crippen LogP contribution in [0.3, 0.4) is 0 Å². The number of carbonyl (C=O) groups excluding carboxylic acids is 4. The van der Waals surface area contributed by atoms with E-state index < -0.39 is 65.5 Å². The maximum Gasteiger partial charge on any atom is 0.363 e. The predicted molar refractivity (Wildman–Crippen MR) is 133 cm³/mol. The Hall–Kier alpha value is -3.09. The molecule has 1 saturated heterocycles. The fourth-order valence-corrected chi connectivity index (χ4v) is 4.94. The lowest BCUT2D eigenvalue weighted by atomic mass is 9.98. The SMILES string of the molecule is COC(=O)[C@@H]1[C@H](NC(=O)/C(=N\OC(C)(C)C(=O)OCC[Si](C)(C)C)c2csc(N)n2)C(=O)N1S(=O)(=O)O. The highest BCUT2D eigenvalue weighted by Crippen LogP contribution is 2.25. The van der Waals surface area contributed by atoms with Crippen molar-refractivity contribution in [1.29, 1.82) is 0 Å². The molecular formula is C19H29N5O10S2Si. The summed E-state index contributed by atoms with van der Waals surface area (Å²) in [4.78, 5) is 59.2. The number of oxime groups is 1. The lowest BCUT2D eigenvalue weighted by Gasteiger charge is -2.41. The third kappa shape index (κ3) is 7.46. The van der Waals surface area contributed by atoms with Crippen LogP contribution in [0.2, 0.25) is 25.7 Å². The number of nitrogen functional groups attached to an aromatic ring is 1. The van der Waals surface area contributed by atoms with E-state index in [1.54, 1.807) is 0 Å². The Kier molecular flexibility index (Phi) is 9.05. The summed E-state index contributed by atoms with van der Waals surface area (Å²) in [5.41, 5.74) is 3.39. The van der Waals surface area contributed by atoms with Gasteiger partial charge in [-0.2, -0.15) is 12.7 Å². The minimum atomic E-state index is -5.11. The zero-order valence-corrected chi connectivity index (χ0v) is 23.6. The Morgan fingerprint density at radius 1 is 1.32 bits per heavy atom. The van der Waals surface area contributed by atoms with Gasteiger partial charge in [-0.05, 0) is 19.9 Å². The van der Waals surface area contributed by atoms with Crippen LogP contribution in [-0.4, -0.2) is 91.2 Å². The molecule has 2 atom stereocenters. The summed E-state index contributed by atoms with van der Waals surface area (Å²) in [5.74, 6) is -4.36. The van der Waals surface area contributed by atoms with Gasteiger partial charge in [-0.15, -0.1) is 11.3 Å². The van der Waals surface area contributed by atoms with E-state index in [0.29, 0.717) is 0 Å². The third-order valence-electron chi connectivity index (χ3n) is 4.95. The zero-order valence-electron chi connectivity index (χ0n) is 21.0. The Morgan fingerprint density at radius 2 is 1.95 bits per heavy atom. The van der Waals surface area contributed by atoms with E-state index in [9.17, 15) is 32.1 Å². The van der Waals surface area contributed by atoms with Crippen LogP contribution in [0.4, 0.5) is 5.13 Å². The number of thiazole rings is 1. The van der Waals surface area contributed by atoms with Gasteiger partial charge in [0.1, 0.15) is 11.7 Å².